The second-order valence-corrected chi connectivity index (χ2v) is 12.4. The van der Waals surface area contributed by atoms with Gasteiger partial charge < -0.3 is 53.2 Å². The van der Waals surface area contributed by atoms with E-state index in [4.69, 9.17) is 32.9 Å². The molecule has 12 heteroatoms. The van der Waals surface area contributed by atoms with Gasteiger partial charge in [-0.2, -0.15) is 0 Å². The standard InChI is InChI=1S/2C20H18N4.CH4.2ClH.Li.H2O/c2*1-12-8-17-19(10-15(12)21)24(14-6-4-3-5-7-14)20-11-16(22)13(2)9-18(20)23-17;;;;;/h2*3-11H,1-2H3,(H3,21,22);1H4;2*1H;;1H2/q;;;;;+1;. The van der Waals surface area contributed by atoms with Gasteiger partial charge in [-0.15, -0.1) is 9.13 Å². The average Bonchev–Trinajstić information content (AvgIpc) is 3.07. The minimum Gasteiger partial charge on any atom is -1.00 e. The molecule has 2 heterocycles. The van der Waals surface area contributed by atoms with Crippen LogP contribution in [-0.2, 0) is 0 Å². The summed E-state index contributed by atoms with van der Waals surface area (Å²) in [5, 5.41) is 0. The molecular weight excluding hydrogens is 698 g/mol. The number of aryl methyl sites for hydroxylation is 4. The van der Waals surface area contributed by atoms with Gasteiger partial charge in [0.15, 0.2) is 0 Å². The fourth-order valence-corrected chi connectivity index (χ4v) is 6.09. The summed E-state index contributed by atoms with van der Waals surface area (Å²) in [6, 6.07) is 36.5. The first-order valence-electron chi connectivity index (χ1n) is 15.8. The van der Waals surface area contributed by atoms with E-state index in [0.717, 1.165) is 101 Å². The van der Waals surface area contributed by atoms with Crippen molar-refractivity contribution in [3.63, 3.8) is 0 Å². The van der Waals surface area contributed by atoms with Crippen LogP contribution in [0.1, 0.15) is 29.7 Å². The van der Waals surface area contributed by atoms with Crippen molar-refractivity contribution in [3.05, 3.63) is 131 Å². The fraction of sp³-hybridized carbons (Fsp3) is 0.122. The molecule has 2 aromatic heterocycles. The minimum atomic E-state index is 0. The molecule has 0 spiro atoms. The van der Waals surface area contributed by atoms with Gasteiger partial charge in [-0.05, 0) is 74.2 Å². The van der Waals surface area contributed by atoms with Crippen LogP contribution < -0.4 is 75.7 Å². The van der Waals surface area contributed by atoms with Crippen molar-refractivity contribution < 1.29 is 58.3 Å². The van der Waals surface area contributed by atoms with Crippen molar-refractivity contribution in [2.75, 3.05) is 22.9 Å². The number of hydrogen-bond acceptors (Lipinski definition) is 6. The number of rotatable bonds is 2. The second kappa shape index (κ2) is 17.6. The number of nitrogens with two attached hydrogens (primary N) is 4. The number of para-hydroxylation sites is 2. The van der Waals surface area contributed by atoms with Crippen LogP contribution >= 0.6 is 0 Å². The second-order valence-electron chi connectivity index (χ2n) is 12.4. The summed E-state index contributed by atoms with van der Waals surface area (Å²) in [6.07, 6.45) is 0. The van der Waals surface area contributed by atoms with Gasteiger partial charge in [-0.1, -0.05) is 43.8 Å². The summed E-state index contributed by atoms with van der Waals surface area (Å²) < 4.78 is 4.34. The molecule has 0 aliphatic heterocycles. The molecule has 8 aromatic rings. The molecule has 0 radical (unpaired) electrons. The van der Waals surface area contributed by atoms with Gasteiger partial charge in [0.1, 0.15) is 22.1 Å². The molecule has 0 fully saturated rings. The van der Waals surface area contributed by atoms with Crippen molar-refractivity contribution in [1.82, 2.24) is 9.97 Å². The molecule has 0 aliphatic carbocycles. The first-order valence-corrected chi connectivity index (χ1v) is 15.8. The van der Waals surface area contributed by atoms with Crippen LogP contribution in [0.5, 0.6) is 0 Å². The SMILES string of the molecule is C.Cc1cc2nc3cc(C)c(N)cc3[n+](-c3ccccc3)c2cc1N.Cc1cc2nc3cc(C)c(N)cc3[n+](-c3ccccc3)c2cc1N.O.[Cl-].[Cl-].[Li+]. The summed E-state index contributed by atoms with van der Waals surface area (Å²) in [5.74, 6) is 0. The molecule has 53 heavy (non-hydrogen) atoms. The third kappa shape index (κ3) is 8.26. The third-order valence-corrected chi connectivity index (χ3v) is 8.93. The molecule has 9 nitrogen and oxygen atoms in total. The third-order valence-electron chi connectivity index (χ3n) is 8.93. The van der Waals surface area contributed by atoms with Crippen LogP contribution in [0.25, 0.3) is 55.5 Å². The number of fused-ring (bicyclic) bond motifs is 4. The van der Waals surface area contributed by atoms with Gasteiger partial charge >= 0.3 is 18.9 Å². The van der Waals surface area contributed by atoms with Crippen molar-refractivity contribution in [3.8, 4) is 11.4 Å². The van der Waals surface area contributed by atoms with Crippen LogP contribution in [0.3, 0.4) is 0 Å². The van der Waals surface area contributed by atoms with Crippen molar-refractivity contribution in [1.29, 1.82) is 0 Å². The Bertz CT molecular complexity index is 2240. The summed E-state index contributed by atoms with van der Waals surface area (Å²) in [5.41, 5.74) is 41.5. The molecule has 0 unspecified atom stereocenters. The van der Waals surface area contributed by atoms with Crippen LogP contribution in [0.4, 0.5) is 22.7 Å². The van der Waals surface area contributed by atoms with Crippen molar-refractivity contribution >= 4 is 66.9 Å². The largest absolute Gasteiger partial charge is 1.00 e. The van der Waals surface area contributed by atoms with Gasteiger partial charge in [-0.3, -0.25) is 0 Å². The Balaban J connectivity index is 0.000000335. The zero-order valence-electron chi connectivity index (χ0n) is 29.7. The summed E-state index contributed by atoms with van der Waals surface area (Å²) in [7, 11) is 0. The Kier molecular flexibility index (Phi) is 14.6. The summed E-state index contributed by atoms with van der Waals surface area (Å²) in [6.45, 7) is 8.01. The van der Waals surface area contributed by atoms with Crippen LogP contribution in [0, 0.1) is 27.7 Å². The number of hydrogen-bond donors (Lipinski definition) is 4. The van der Waals surface area contributed by atoms with E-state index < -0.39 is 0 Å². The van der Waals surface area contributed by atoms with Crippen LogP contribution in [-0.4, -0.2) is 15.4 Å². The van der Waals surface area contributed by atoms with E-state index in [0.29, 0.717) is 0 Å². The molecule has 268 valence electrons. The monoisotopic (exact) mass is 741 g/mol. The Morgan fingerprint density at radius 2 is 0.642 bits per heavy atom. The van der Waals surface area contributed by atoms with E-state index in [1.165, 1.54) is 0 Å². The van der Waals surface area contributed by atoms with Gasteiger partial charge in [0, 0.05) is 71.3 Å². The number of halogens is 2. The maximum absolute atomic E-state index is 6.17. The van der Waals surface area contributed by atoms with Gasteiger partial charge in [0.2, 0.25) is 33.4 Å². The molecule has 6 aromatic carbocycles. The zero-order chi connectivity index (χ0) is 33.7. The molecule has 10 N–H and O–H groups in total. The first-order chi connectivity index (χ1) is 23.1. The van der Waals surface area contributed by atoms with E-state index in [-0.39, 0.29) is 56.6 Å². The quantitative estimate of drug-likeness (QED) is 0.0674. The molecule has 0 amide bonds. The van der Waals surface area contributed by atoms with Gasteiger partial charge in [0.25, 0.3) is 0 Å². The predicted molar refractivity (Wildman–Crippen MR) is 209 cm³/mol. The number of anilines is 4. The number of benzene rings is 6. The van der Waals surface area contributed by atoms with Gasteiger partial charge in [-0.25, -0.2) is 9.97 Å². The molecule has 8 rings (SSSR count). The predicted octanol–water partition coefficient (Wildman–Crippen LogP) is -2.28. The van der Waals surface area contributed by atoms with E-state index in [1.807, 2.05) is 113 Å². The molecule has 0 saturated carbocycles. The van der Waals surface area contributed by atoms with Crippen LogP contribution in [0.15, 0.2) is 109 Å². The maximum Gasteiger partial charge on any atom is 1.00 e. The summed E-state index contributed by atoms with van der Waals surface area (Å²) in [4.78, 5) is 9.67. The van der Waals surface area contributed by atoms with Gasteiger partial charge in [0.05, 0.1) is 0 Å². The zero-order valence-corrected chi connectivity index (χ0v) is 31.3. The van der Waals surface area contributed by atoms with Crippen LogP contribution in [0.2, 0.25) is 0 Å². The number of nitrogens with zero attached hydrogens (tertiary/aromatic N) is 4. The van der Waals surface area contributed by atoms with E-state index in [1.54, 1.807) is 0 Å². The normalized spacial score (nSPS) is 10.2. The van der Waals surface area contributed by atoms with E-state index >= 15 is 0 Å². The molecule has 0 saturated heterocycles. The minimum absolute atomic E-state index is 0. The number of aromatic nitrogens is 4. The topological polar surface area (TPSA) is 169 Å². The molecule has 0 aliphatic rings. The Morgan fingerprint density at radius 1 is 0.415 bits per heavy atom. The number of nitrogen functional groups attached to an aromatic ring is 4. The average molecular weight is 743 g/mol. The Morgan fingerprint density at radius 3 is 0.868 bits per heavy atom. The Labute approximate surface area is 334 Å². The van der Waals surface area contributed by atoms with Crippen molar-refractivity contribution in [2.45, 2.75) is 35.1 Å². The summed E-state index contributed by atoms with van der Waals surface area (Å²) >= 11 is 0. The van der Waals surface area contributed by atoms with E-state index in [9.17, 15) is 0 Å². The molecule has 0 bridgehead atoms. The van der Waals surface area contributed by atoms with E-state index in [2.05, 4.69) is 33.4 Å². The fourth-order valence-electron chi connectivity index (χ4n) is 6.09. The molecular formula is C41H44Cl2LiN8O+. The maximum atomic E-state index is 6.17. The first kappa shape index (κ1) is 44.0. The molecule has 0 atom stereocenters. The van der Waals surface area contributed by atoms with Crippen molar-refractivity contribution in [2.24, 2.45) is 0 Å². The Hall–Kier alpha value is -5.14. The smallest absolute Gasteiger partial charge is 1.00 e.